The molecule has 10 heteroatoms. The molecular weight excluding hydrogens is 446 g/mol. The van der Waals surface area contributed by atoms with Crippen molar-refractivity contribution in [3.8, 4) is 22.9 Å². The number of nitrogens with one attached hydrogen (secondary N) is 1. The molecule has 0 aliphatic carbocycles. The average molecular weight is 470 g/mol. The van der Waals surface area contributed by atoms with Crippen molar-refractivity contribution in [2.75, 3.05) is 11.5 Å². The zero-order valence-electron chi connectivity index (χ0n) is 18.1. The number of rotatable bonds is 6. The number of benzene rings is 2. The lowest BCUT2D eigenvalue weighted by molar-refractivity contribution is -0.129. The summed E-state index contributed by atoms with van der Waals surface area (Å²) in [6, 6.07) is 13.6. The molecule has 0 spiro atoms. The topological polar surface area (TPSA) is 128 Å². The monoisotopic (exact) mass is 469 g/mol. The minimum atomic E-state index is -3.12. The summed E-state index contributed by atoms with van der Waals surface area (Å²) in [6.07, 6.45) is -0.703. The van der Waals surface area contributed by atoms with Crippen molar-refractivity contribution < 1.29 is 27.2 Å². The largest absolute Gasteiger partial charge is 0.449 e. The molecule has 9 nitrogen and oxygen atoms in total. The Balaban J connectivity index is 1.36. The first-order valence-electron chi connectivity index (χ1n) is 10.4. The third-order valence-corrected chi connectivity index (χ3v) is 7.09. The zero-order valence-corrected chi connectivity index (χ0v) is 19.0. The fraction of sp³-hybridized carbons (Fsp3) is 0.304. The minimum absolute atomic E-state index is 0.0466. The molecule has 1 amide bonds. The quantitative estimate of drug-likeness (QED) is 0.546. The minimum Gasteiger partial charge on any atom is -0.449 e. The predicted molar refractivity (Wildman–Crippen MR) is 120 cm³/mol. The van der Waals surface area contributed by atoms with Crippen molar-refractivity contribution >= 4 is 21.7 Å². The molecule has 1 fully saturated rings. The van der Waals surface area contributed by atoms with Crippen LogP contribution in [0.25, 0.3) is 22.9 Å². The van der Waals surface area contributed by atoms with Gasteiger partial charge < -0.3 is 14.5 Å². The molecule has 33 heavy (non-hydrogen) atoms. The molecule has 1 aliphatic rings. The van der Waals surface area contributed by atoms with Crippen molar-refractivity contribution in [1.82, 2.24) is 15.5 Å². The van der Waals surface area contributed by atoms with E-state index < -0.39 is 33.9 Å². The van der Waals surface area contributed by atoms with Gasteiger partial charge in [0.1, 0.15) is 0 Å². The SMILES string of the molecule is Cc1ccc(-c2nnc(-c3ccc(C(=O)OC(C)C(=O)NC4CCS(=O)(=O)C4)cc3)o2)cc1. The summed E-state index contributed by atoms with van der Waals surface area (Å²) < 4.78 is 34.0. The van der Waals surface area contributed by atoms with E-state index in [4.69, 9.17) is 9.15 Å². The van der Waals surface area contributed by atoms with Gasteiger partial charge in [0.25, 0.3) is 5.91 Å². The highest BCUT2D eigenvalue weighted by molar-refractivity contribution is 7.91. The van der Waals surface area contributed by atoms with Gasteiger partial charge in [0.05, 0.1) is 17.1 Å². The summed E-state index contributed by atoms with van der Waals surface area (Å²) in [7, 11) is -3.12. The molecule has 0 bridgehead atoms. The molecule has 1 aromatic heterocycles. The maximum absolute atomic E-state index is 12.4. The Bertz CT molecular complexity index is 1270. The molecular formula is C23H23N3O6S. The molecule has 0 radical (unpaired) electrons. The van der Waals surface area contributed by atoms with Crippen molar-refractivity contribution in [3.05, 3.63) is 59.7 Å². The predicted octanol–water partition coefficient (Wildman–Crippen LogP) is 2.56. The normalized spacial score (nSPS) is 17.9. The van der Waals surface area contributed by atoms with Crippen molar-refractivity contribution in [2.24, 2.45) is 0 Å². The Morgan fingerprint density at radius 1 is 1.03 bits per heavy atom. The van der Waals surface area contributed by atoms with Crippen LogP contribution in [0.2, 0.25) is 0 Å². The number of hydrogen-bond donors (Lipinski definition) is 1. The number of esters is 1. The second-order valence-electron chi connectivity index (χ2n) is 8.01. The number of carbonyl (C=O) groups is 2. The van der Waals surface area contributed by atoms with Crippen LogP contribution in [0.15, 0.2) is 52.9 Å². The highest BCUT2D eigenvalue weighted by Gasteiger charge is 2.30. The van der Waals surface area contributed by atoms with E-state index in [9.17, 15) is 18.0 Å². The summed E-state index contributed by atoms with van der Waals surface area (Å²) in [5, 5.41) is 10.7. The number of ether oxygens (including phenoxy) is 1. The van der Waals surface area contributed by atoms with E-state index in [0.29, 0.717) is 23.8 Å². The number of amides is 1. The third-order valence-electron chi connectivity index (χ3n) is 5.32. The zero-order chi connectivity index (χ0) is 23.6. The molecule has 1 saturated heterocycles. The maximum atomic E-state index is 12.4. The Kier molecular flexibility index (Phi) is 6.28. The van der Waals surface area contributed by atoms with E-state index >= 15 is 0 Å². The maximum Gasteiger partial charge on any atom is 0.338 e. The van der Waals surface area contributed by atoms with Crippen LogP contribution in [-0.2, 0) is 19.4 Å². The van der Waals surface area contributed by atoms with E-state index in [2.05, 4.69) is 15.5 Å². The lowest BCUT2D eigenvalue weighted by atomic mass is 10.1. The number of sulfone groups is 1. The van der Waals surface area contributed by atoms with Gasteiger partial charge in [-0.1, -0.05) is 17.7 Å². The number of aromatic nitrogens is 2. The van der Waals surface area contributed by atoms with Crippen LogP contribution in [-0.4, -0.2) is 54.1 Å². The molecule has 2 aromatic carbocycles. The smallest absolute Gasteiger partial charge is 0.338 e. The van der Waals surface area contributed by atoms with Crippen molar-refractivity contribution in [1.29, 1.82) is 0 Å². The summed E-state index contributed by atoms with van der Waals surface area (Å²) in [5.41, 5.74) is 2.81. The van der Waals surface area contributed by atoms with Gasteiger partial charge in [0, 0.05) is 17.2 Å². The molecule has 2 unspecified atom stereocenters. The fourth-order valence-electron chi connectivity index (χ4n) is 3.41. The number of carbonyl (C=O) groups excluding carboxylic acids is 2. The average Bonchev–Trinajstić information content (AvgIpc) is 3.41. The molecule has 4 rings (SSSR count). The Morgan fingerprint density at radius 2 is 1.61 bits per heavy atom. The number of hydrogen-bond acceptors (Lipinski definition) is 8. The summed E-state index contributed by atoms with van der Waals surface area (Å²) in [5.74, 6) is -0.550. The van der Waals surface area contributed by atoms with Gasteiger partial charge >= 0.3 is 5.97 Å². The summed E-state index contributed by atoms with van der Waals surface area (Å²) in [4.78, 5) is 24.7. The van der Waals surface area contributed by atoms with Crippen LogP contribution in [0.1, 0.15) is 29.3 Å². The van der Waals surface area contributed by atoms with Crippen LogP contribution in [0.3, 0.4) is 0 Å². The molecule has 1 aliphatic heterocycles. The number of aryl methyl sites for hydroxylation is 1. The lowest BCUT2D eigenvalue weighted by Crippen LogP contribution is -2.42. The van der Waals surface area contributed by atoms with E-state index in [0.717, 1.165) is 11.1 Å². The Hall–Kier alpha value is -3.53. The molecule has 2 atom stereocenters. The van der Waals surface area contributed by atoms with Gasteiger partial charge in [-0.2, -0.15) is 0 Å². The highest BCUT2D eigenvalue weighted by Crippen LogP contribution is 2.24. The second kappa shape index (κ2) is 9.14. The van der Waals surface area contributed by atoms with Gasteiger partial charge in [0.15, 0.2) is 15.9 Å². The van der Waals surface area contributed by atoms with Crippen LogP contribution in [0.4, 0.5) is 0 Å². The Morgan fingerprint density at radius 3 is 2.15 bits per heavy atom. The standard InChI is InChI=1S/C23H23N3O6S/c1-14-3-5-16(6-4-14)21-25-26-22(32-21)17-7-9-18(10-8-17)23(28)31-15(2)20(27)24-19-11-12-33(29,30)13-19/h3-10,15,19H,11-13H2,1-2H3,(H,24,27). The third kappa shape index (κ3) is 5.46. The molecule has 172 valence electrons. The molecule has 3 aromatic rings. The van der Waals surface area contributed by atoms with Crippen LogP contribution in [0.5, 0.6) is 0 Å². The summed E-state index contributed by atoms with van der Waals surface area (Å²) in [6.45, 7) is 3.43. The van der Waals surface area contributed by atoms with E-state index in [1.165, 1.54) is 6.92 Å². The second-order valence-corrected chi connectivity index (χ2v) is 10.2. The van der Waals surface area contributed by atoms with Gasteiger partial charge in [0.2, 0.25) is 11.8 Å². The van der Waals surface area contributed by atoms with Crippen molar-refractivity contribution in [2.45, 2.75) is 32.4 Å². The fourth-order valence-corrected chi connectivity index (χ4v) is 5.08. The van der Waals surface area contributed by atoms with Gasteiger partial charge in [-0.3, -0.25) is 4.79 Å². The highest BCUT2D eigenvalue weighted by atomic mass is 32.2. The first-order chi connectivity index (χ1) is 15.7. The number of nitrogens with zero attached hydrogens (tertiary/aromatic N) is 2. The van der Waals surface area contributed by atoms with Crippen LogP contribution in [0, 0.1) is 6.92 Å². The summed E-state index contributed by atoms with van der Waals surface area (Å²) >= 11 is 0. The van der Waals surface area contributed by atoms with E-state index in [1.54, 1.807) is 24.3 Å². The molecule has 0 saturated carbocycles. The van der Waals surface area contributed by atoms with Gasteiger partial charge in [-0.25, -0.2) is 13.2 Å². The lowest BCUT2D eigenvalue weighted by Gasteiger charge is -2.16. The van der Waals surface area contributed by atoms with Gasteiger partial charge in [-0.05, 0) is 56.7 Å². The Labute approximate surface area is 191 Å². The molecule has 1 N–H and O–H groups in total. The first kappa shape index (κ1) is 22.7. The van der Waals surface area contributed by atoms with E-state index in [1.807, 2.05) is 31.2 Å². The molecule has 2 heterocycles. The van der Waals surface area contributed by atoms with E-state index in [-0.39, 0.29) is 17.1 Å². The van der Waals surface area contributed by atoms with Crippen LogP contribution < -0.4 is 5.32 Å². The first-order valence-corrected chi connectivity index (χ1v) is 12.2. The van der Waals surface area contributed by atoms with Crippen molar-refractivity contribution in [3.63, 3.8) is 0 Å². The van der Waals surface area contributed by atoms with Crippen LogP contribution >= 0.6 is 0 Å². The van der Waals surface area contributed by atoms with Gasteiger partial charge in [-0.15, -0.1) is 10.2 Å².